The van der Waals surface area contributed by atoms with Gasteiger partial charge in [0.25, 0.3) is 5.91 Å². The lowest BCUT2D eigenvalue weighted by molar-refractivity contribution is 0.102. The molecule has 0 aliphatic carbocycles. The molecular formula is C12H12N4O3. The highest BCUT2D eigenvalue weighted by molar-refractivity contribution is 6.03. The van der Waals surface area contributed by atoms with Crippen LogP contribution in [-0.2, 0) is 6.42 Å². The number of fused-ring (bicyclic) bond motifs is 1. The van der Waals surface area contributed by atoms with E-state index in [0.29, 0.717) is 12.2 Å². The van der Waals surface area contributed by atoms with Gasteiger partial charge in [-0.25, -0.2) is 5.10 Å². The number of methoxy groups -OCH3 is 1. The number of benzene rings is 1. The van der Waals surface area contributed by atoms with Crippen LogP contribution < -0.4 is 14.8 Å². The summed E-state index contributed by atoms with van der Waals surface area (Å²) in [4.78, 5) is 16.0. The molecule has 1 aromatic heterocycles. The standard InChI is InChI=1S/C12H12N4O3/c1-18-12-14-11(15-16-12)13-10(17)8-2-3-9-7(6-8)4-5-19-9/h2-3,6H,4-5H2,1H3,(H2,13,14,15,16,17). The number of anilines is 1. The van der Waals surface area contributed by atoms with E-state index < -0.39 is 0 Å². The number of hydrogen-bond acceptors (Lipinski definition) is 5. The molecule has 7 heteroatoms. The molecule has 2 N–H and O–H groups in total. The summed E-state index contributed by atoms with van der Waals surface area (Å²) in [7, 11) is 1.45. The molecule has 0 saturated heterocycles. The van der Waals surface area contributed by atoms with Crippen molar-refractivity contribution in [3.8, 4) is 11.8 Å². The first-order valence-electron chi connectivity index (χ1n) is 5.80. The smallest absolute Gasteiger partial charge is 0.336 e. The number of nitrogens with zero attached hydrogens (tertiary/aromatic N) is 2. The summed E-state index contributed by atoms with van der Waals surface area (Å²) in [6.45, 7) is 0.666. The van der Waals surface area contributed by atoms with Crippen LogP contribution >= 0.6 is 0 Å². The van der Waals surface area contributed by atoms with E-state index in [9.17, 15) is 4.79 Å². The van der Waals surface area contributed by atoms with Gasteiger partial charge >= 0.3 is 6.01 Å². The molecule has 1 amide bonds. The SMILES string of the molecule is COc1n[nH]c(NC(=O)c2ccc3c(c2)CCO3)n1. The van der Waals surface area contributed by atoms with E-state index >= 15 is 0 Å². The minimum Gasteiger partial charge on any atom is -0.493 e. The minimum atomic E-state index is -0.256. The molecule has 1 aliphatic heterocycles. The highest BCUT2D eigenvalue weighted by Crippen LogP contribution is 2.26. The number of ether oxygens (including phenoxy) is 2. The number of carbonyl (C=O) groups excluding carboxylic acids is 1. The zero-order valence-corrected chi connectivity index (χ0v) is 10.3. The van der Waals surface area contributed by atoms with Gasteiger partial charge in [0, 0.05) is 12.0 Å². The maximum Gasteiger partial charge on any atom is 0.336 e. The van der Waals surface area contributed by atoms with Crippen molar-refractivity contribution >= 4 is 11.9 Å². The zero-order chi connectivity index (χ0) is 13.2. The third-order valence-corrected chi connectivity index (χ3v) is 2.83. The van der Waals surface area contributed by atoms with E-state index in [0.717, 1.165) is 17.7 Å². The second kappa shape index (κ2) is 4.60. The van der Waals surface area contributed by atoms with Crippen LogP contribution in [0.5, 0.6) is 11.8 Å². The first-order chi connectivity index (χ1) is 9.26. The van der Waals surface area contributed by atoms with E-state index in [4.69, 9.17) is 9.47 Å². The van der Waals surface area contributed by atoms with Gasteiger partial charge in [0.2, 0.25) is 5.95 Å². The number of nitrogens with one attached hydrogen (secondary N) is 2. The molecule has 0 fully saturated rings. The number of aromatic amines is 1. The van der Waals surface area contributed by atoms with Crippen LogP contribution in [0.3, 0.4) is 0 Å². The first kappa shape index (κ1) is 11.5. The van der Waals surface area contributed by atoms with E-state index in [2.05, 4.69) is 20.5 Å². The molecule has 1 aliphatic rings. The van der Waals surface area contributed by atoms with Crippen molar-refractivity contribution in [1.82, 2.24) is 15.2 Å². The summed E-state index contributed by atoms with van der Waals surface area (Å²) in [6, 6.07) is 5.52. The monoisotopic (exact) mass is 260 g/mol. The topological polar surface area (TPSA) is 89.1 Å². The minimum absolute atomic E-state index is 0.178. The predicted octanol–water partition coefficient (Wildman–Crippen LogP) is 1.00. The molecular weight excluding hydrogens is 248 g/mol. The van der Waals surface area contributed by atoms with Crippen LogP contribution in [0.15, 0.2) is 18.2 Å². The van der Waals surface area contributed by atoms with Crippen LogP contribution in [0.25, 0.3) is 0 Å². The van der Waals surface area contributed by atoms with Crippen LogP contribution in [0.4, 0.5) is 5.95 Å². The Morgan fingerprint density at radius 2 is 2.42 bits per heavy atom. The van der Waals surface area contributed by atoms with Gasteiger partial charge in [-0.05, 0) is 23.8 Å². The van der Waals surface area contributed by atoms with Gasteiger partial charge in [-0.1, -0.05) is 0 Å². The quantitative estimate of drug-likeness (QED) is 0.859. The van der Waals surface area contributed by atoms with Crippen molar-refractivity contribution in [3.63, 3.8) is 0 Å². The van der Waals surface area contributed by atoms with E-state index in [1.807, 2.05) is 6.07 Å². The molecule has 0 saturated carbocycles. The average molecular weight is 260 g/mol. The highest BCUT2D eigenvalue weighted by atomic mass is 16.5. The molecule has 0 radical (unpaired) electrons. The Hall–Kier alpha value is -2.57. The second-order valence-corrected chi connectivity index (χ2v) is 4.05. The Bertz CT molecular complexity index is 623. The summed E-state index contributed by atoms with van der Waals surface area (Å²) in [6.07, 6.45) is 0.826. The van der Waals surface area contributed by atoms with Gasteiger partial charge in [0.05, 0.1) is 13.7 Å². The zero-order valence-electron chi connectivity index (χ0n) is 10.3. The molecule has 0 spiro atoms. The lowest BCUT2D eigenvalue weighted by Gasteiger charge is -2.03. The number of hydrogen-bond donors (Lipinski definition) is 2. The number of rotatable bonds is 3. The normalized spacial score (nSPS) is 12.7. The number of aromatic nitrogens is 3. The lowest BCUT2D eigenvalue weighted by Crippen LogP contribution is -2.13. The Labute approximate surface area is 108 Å². The van der Waals surface area contributed by atoms with Crippen molar-refractivity contribution in [2.75, 3.05) is 19.0 Å². The van der Waals surface area contributed by atoms with Crippen LogP contribution in [0.1, 0.15) is 15.9 Å². The molecule has 2 aromatic rings. The van der Waals surface area contributed by atoms with Gasteiger partial charge in [-0.2, -0.15) is 4.98 Å². The molecule has 7 nitrogen and oxygen atoms in total. The van der Waals surface area contributed by atoms with Gasteiger partial charge in [-0.3, -0.25) is 10.1 Å². The highest BCUT2D eigenvalue weighted by Gasteiger charge is 2.16. The fraction of sp³-hybridized carbons (Fsp3) is 0.250. The summed E-state index contributed by atoms with van der Waals surface area (Å²) in [5.41, 5.74) is 1.60. The Morgan fingerprint density at radius 1 is 1.53 bits per heavy atom. The van der Waals surface area contributed by atoms with Crippen molar-refractivity contribution in [2.24, 2.45) is 0 Å². The van der Waals surface area contributed by atoms with Gasteiger partial charge in [-0.15, -0.1) is 5.10 Å². The number of amides is 1. The van der Waals surface area contributed by atoms with E-state index in [-0.39, 0.29) is 17.9 Å². The lowest BCUT2D eigenvalue weighted by atomic mass is 10.1. The predicted molar refractivity (Wildman–Crippen MR) is 66.5 cm³/mol. The largest absolute Gasteiger partial charge is 0.493 e. The molecule has 0 bridgehead atoms. The van der Waals surface area contributed by atoms with Crippen LogP contribution in [0.2, 0.25) is 0 Å². The first-order valence-corrected chi connectivity index (χ1v) is 5.80. The van der Waals surface area contributed by atoms with Crippen LogP contribution in [-0.4, -0.2) is 34.8 Å². The number of H-pyrrole nitrogens is 1. The van der Waals surface area contributed by atoms with Gasteiger partial charge < -0.3 is 9.47 Å². The molecule has 3 rings (SSSR count). The Morgan fingerprint density at radius 3 is 3.21 bits per heavy atom. The molecule has 19 heavy (non-hydrogen) atoms. The number of carbonyl (C=O) groups is 1. The van der Waals surface area contributed by atoms with Gasteiger partial charge in [0.15, 0.2) is 0 Å². The van der Waals surface area contributed by atoms with Crippen molar-refractivity contribution < 1.29 is 14.3 Å². The molecule has 98 valence electrons. The third kappa shape index (κ3) is 2.22. The Balaban J connectivity index is 1.76. The fourth-order valence-electron chi connectivity index (χ4n) is 1.90. The molecule has 0 unspecified atom stereocenters. The summed E-state index contributed by atoms with van der Waals surface area (Å²) in [5.74, 6) is 0.838. The Kier molecular flexibility index (Phi) is 2.79. The van der Waals surface area contributed by atoms with E-state index in [1.54, 1.807) is 12.1 Å². The molecule has 0 atom stereocenters. The average Bonchev–Trinajstić information content (AvgIpc) is 3.05. The van der Waals surface area contributed by atoms with Crippen molar-refractivity contribution in [1.29, 1.82) is 0 Å². The second-order valence-electron chi connectivity index (χ2n) is 4.05. The summed E-state index contributed by atoms with van der Waals surface area (Å²) in [5, 5.41) is 8.93. The van der Waals surface area contributed by atoms with Crippen molar-refractivity contribution in [2.45, 2.75) is 6.42 Å². The third-order valence-electron chi connectivity index (χ3n) is 2.83. The maximum atomic E-state index is 12.0. The maximum absolute atomic E-state index is 12.0. The summed E-state index contributed by atoms with van der Waals surface area (Å²) >= 11 is 0. The van der Waals surface area contributed by atoms with Crippen molar-refractivity contribution in [3.05, 3.63) is 29.3 Å². The summed E-state index contributed by atoms with van der Waals surface area (Å²) < 4.78 is 10.2. The fourth-order valence-corrected chi connectivity index (χ4v) is 1.90. The van der Waals surface area contributed by atoms with Gasteiger partial charge in [0.1, 0.15) is 5.75 Å². The van der Waals surface area contributed by atoms with E-state index in [1.165, 1.54) is 7.11 Å². The molecule has 2 heterocycles. The van der Waals surface area contributed by atoms with Crippen LogP contribution in [0, 0.1) is 0 Å². The molecule has 1 aromatic carbocycles.